The molecule has 23 heavy (non-hydrogen) atoms. The highest BCUT2D eigenvalue weighted by atomic mass is 19.1. The Balaban J connectivity index is 2.06. The highest BCUT2D eigenvalue weighted by molar-refractivity contribution is 5.94. The fourth-order valence-electron chi connectivity index (χ4n) is 2.23. The van der Waals surface area contributed by atoms with Gasteiger partial charge in [0.25, 0.3) is 5.91 Å². The maximum absolute atomic E-state index is 13.7. The van der Waals surface area contributed by atoms with Gasteiger partial charge in [-0.2, -0.15) is 0 Å². The summed E-state index contributed by atoms with van der Waals surface area (Å²) in [7, 11) is 3.10. The number of hydrogen-bond acceptors (Lipinski definition) is 3. The van der Waals surface area contributed by atoms with Crippen molar-refractivity contribution in [1.29, 1.82) is 0 Å². The largest absolute Gasteiger partial charge is 0.494 e. The first-order valence-electron chi connectivity index (χ1n) is 7.36. The Hall–Kier alpha value is -2.56. The minimum Gasteiger partial charge on any atom is -0.494 e. The van der Waals surface area contributed by atoms with Crippen LogP contribution in [0.3, 0.4) is 0 Å². The zero-order valence-corrected chi connectivity index (χ0v) is 13.5. The third kappa shape index (κ3) is 4.22. The number of carbonyl (C=O) groups excluding carboxylic acids is 1. The number of methoxy groups -OCH3 is 1. The van der Waals surface area contributed by atoms with Gasteiger partial charge in [-0.1, -0.05) is 6.07 Å². The van der Waals surface area contributed by atoms with Crippen LogP contribution in [-0.2, 0) is 6.54 Å². The lowest BCUT2D eigenvalue weighted by Gasteiger charge is -2.18. The van der Waals surface area contributed by atoms with Crippen LogP contribution in [0.25, 0.3) is 0 Å². The fraction of sp³-hybridized carbons (Fsp3) is 0.278. The fourth-order valence-corrected chi connectivity index (χ4v) is 2.23. The molecule has 0 atom stereocenters. The van der Waals surface area contributed by atoms with Gasteiger partial charge in [-0.15, -0.1) is 0 Å². The number of ether oxygens (including phenoxy) is 2. The van der Waals surface area contributed by atoms with E-state index in [4.69, 9.17) is 9.47 Å². The zero-order valence-electron chi connectivity index (χ0n) is 13.5. The summed E-state index contributed by atoms with van der Waals surface area (Å²) in [5.41, 5.74) is 1.26. The molecule has 0 aromatic heterocycles. The molecule has 1 amide bonds. The first-order chi connectivity index (χ1) is 11.0. The Labute approximate surface area is 135 Å². The molecule has 0 spiro atoms. The summed E-state index contributed by atoms with van der Waals surface area (Å²) >= 11 is 0. The third-order valence-electron chi connectivity index (χ3n) is 3.39. The molecule has 0 radical (unpaired) electrons. The quantitative estimate of drug-likeness (QED) is 0.818. The first-order valence-corrected chi connectivity index (χ1v) is 7.36. The summed E-state index contributed by atoms with van der Waals surface area (Å²) in [5, 5.41) is 0. The van der Waals surface area contributed by atoms with Gasteiger partial charge in [-0.3, -0.25) is 4.79 Å². The summed E-state index contributed by atoms with van der Waals surface area (Å²) in [6, 6.07) is 11.6. The minimum absolute atomic E-state index is 0.135. The van der Waals surface area contributed by atoms with Crippen LogP contribution in [0.4, 0.5) is 4.39 Å². The molecule has 2 aromatic carbocycles. The third-order valence-corrected chi connectivity index (χ3v) is 3.39. The lowest BCUT2D eigenvalue weighted by atomic mass is 10.1. The molecule has 0 heterocycles. The van der Waals surface area contributed by atoms with Gasteiger partial charge in [0, 0.05) is 19.2 Å². The van der Waals surface area contributed by atoms with Crippen LogP contribution in [0.5, 0.6) is 11.5 Å². The highest BCUT2D eigenvalue weighted by Gasteiger charge is 2.13. The predicted octanol–water partition coefficient (Wildman–Crippen LogP) is 3.51. The second-order valence-electron chi connectivity index (χ2n) is 5.09. The van der Waals surface area contributed by atoms with Gasteiger partial charge >= 0.3 is 0 Å². The predicted molar refractivity (Wildman–Crippen MR) is 86.4 cm³/mol. The summed E-state index contributed by atoms with van der Waals surface area (Å²) in [5.74, 6) is 0.342. The molecule has 0 aliphatic carbocycles. The highest BCUT2D eigenvalue weighted by Crippen LogP contribution is 2.19. The van der Waals surface area contributed by atoms with Crippen LogP contribution in [0.15, 0.2) is 42.5 Å². The maximum Gasteiger partial charge on any atom is 0.253 e. The van der Waals surface area contributed by atoms with Crippen LogP contribution in [0.1, 0.15) is 22.8 Å². The molecule has 122 valence electrons. The van der Waals surface area contributed by atoms with Crippen molar-refractivity contribution in [3.05, 3.63) is 59.4 Å². The Bertz CT molecular complexity index is 670. The van der Waals surface area contributed by atoms with E-state index in [1.165, 1.54) is 18.1 Å². The summed E-state index contributed by atoms with van der Waals surface area (Å²) in [4.78, 5) is 13.9. The van der Waals surface area contributed by atoms with Crippen molar-refractivity contribution in [2.45, 2.75) is 13.5 Å². The zero-order chi connectivity index (χ0) is 16.8. The molecule has 0 aliphatic rings. The average Bonchev–Trinajstić information content (AvgIpc) is 2.55. The summed E-state index contributed by atoms with van der Waals surface area (Å²) < 4.78 is 23.9. The number of carbonyl (C=O) groups is 1. The molecule has 0 N–H and O–H groups in total. The van der Waals surface area contributed by atoms with Crippen LogP contribution >= 0.6 is 0 Å². The number of amides is 1. The Morgan fingerprint density at radius 2 is 1.87 bits per heavy atom. The van der Waals surface area contributed by atoms with E-state index in [1.807, 2.05) is 6.92 Å². The van der Waals surface area contributed by atoms with Gasteiger partial charge in [0.15, 0.2) is 11.6 Å². The van der Waals surface area contributed by atoms with Crippen molar-refractivity contribution in [2.75, 3.05) is 20.8 Å². The molecular formula is C18H20FNO3. The molecule has 0 saturated heterocycles. The van der Waals surface area contributed by atoms with Gasteiger partial charge in [-0.05, 0) is 48.9 Å². The lowest BCUT2D eigenvalue weighted by Crippen LogP contribution is -2.26. The van der Waals surface area contributed by atoms with Gasteiger partial charge in [0.1, 0.15) is 5.75 Å². The maximum atomic E-state index is 13.7. The second-order valence-corrected chi connectivity index (χ2v) is 5.09. The Morgan fingerprint density at radius 1 is 1.17 bits per heavy atom. The van der Waals surface area contributed by atoms with Crippen LogP contribution < -0.4 is 9.47 Å². The van der Waals surface area contributed by atoms with Crippen LogP contribution in [0.2, 0.25) is 0 Å². The first kappa shape index (κ1) is 16.8. The molecule has 2 aromatic rings. The number of hydrogen-bond donors (Lipinski definition) is 0. The summed E-state index contributed by atoms with van der Waals surface area (Å²) in [6.45, 7) is 2.80. The van der Waals surface area contributed by atoms with Crippen molar-refractivity contribution in [1.82, 2.24) is 4.90 Å². The standard InChI is InChI=1S/C18H20FNO3/c1-4-23-15-8-6-14(7-9-15)18(21)20(2)12-13-5-10-17(22-3)16(19)11-13/h5-11H,4,12H2,1-3H3. The minimum atomic E-state index is -0.438. The topological polar surface area (TPSA) is 38.8 Å². The molecule has 2 rings (SSSR count). The Kier molecular flexibility index (Phi) is 5.57. The van der Waals surface area contributed by atoms with Crippen LogP contribution in [0, 0.1) is 5.82 Å². The van der Waals surface area contributed by atoms with Gasteiger partial charge in [0.05, 0.1) is 13.7 Å². The van der Waals surface area contributed by atoms with E-state index >= 15 is 0 Å². The molecule has 0 fully saturated rings. The van der Waals surface area contributed by atoms with Crippen LogP contribution in [-0.4, -0.2) is 31.6 Å². The van der Waals surface area contributed by atoms with E-state index in [2.05, 4.69) is 0 Å². The molecule has 4 nitrogen and oxygen atoms in total. The molecule has 0 bridgehead atoms. The molecule has 0 saturated carbocycles. The second kappa shape index (κ2) is 7.63. The molecule has 0 unspecified atom stereocenters. The normalized spacial score (nSPS) is 10.3. The van der Waals surface area contributed by atoms with Gasteiger partial charge in [0.2, 0.25) is 0 Å². The number of rotatable bonds is 6. The summed E-state index contributed by atoms with van der Waals surface area (Å²) in [6.07, 6.45) is 0. The number of nitrogens with zero attached hydrogens (tertiary/aromatic N) is 1. The Morgan fingerprint density at radius 3 is 2.43 bits per heavy atom. The molecule has 0 aliphatic heterocycles. The lowest BCUT2D eigenvalue weighted by molar-refractivity contribution is 0.0785. The average molecular weight is 317 g/mol. The molecule has 5 heteroatoms. The number of halogens is 1. The van der Waals surface area contributed by atoms with Crippen molar-refractivity contribution >= 4 is 5.91 Å². The SMILES string of the molecule is CCOc1ccc(C(=O)N(C)Cc2ccc(OC)c(F)c2)cc1. The van der Waals surface area contributed by atoms with Crippen molar-refractivity contribution in [3.63, 3.8) is 0 Å². The van der Waals surface area contributed by atoms with E-state index in [0.717, 1.165) is 5.75 Å². The van der Waals surface area contributed by atoms with E-state index in [-0.39, 0.29) is 11.7 Å². The van der Waals surface area contributed by atoms with Gasteiger partial charge in [-0.25, -0.2) is 4.39 Å². The monoisotopic (exact) mass is 317 g/mol. The van der Waals surface area contributed by atoms with Crippen molar-refractivity contribution in [2.24, 2.45) is 0 Å². The van der Waals surface area contributed by atoms with E-state index in [1.54, 1.807) is 43.4 Å². The smallest absolute Gasteiger partial charge is 0.253 e. The van der Waals surface area contributed by atoms with E-state index in [9.17, 15) is 9.18 Å². The molecular weight excluding hydrogens is 297 g/mol. The van der Waals surface area contributed by atoms with Crippen molar-refractivity contribution < 1.29 is 18.7 Å². The number of benzene rings is 2. The van der Waals surface area contributed by atoms with Crippen molar-refractivity contribution in [3.8, 4) is 11.5 Å². The van der Waals surface area contributed by atoms with Gasteiger partial charge < -0.3 is 14.4 Å². The van der Waals surface area contributed by atoms with E-state index < -0.39 is 5.82 Å². The van der Waals surface area contributed by atoms with E-state index in [0.29, 0.717) is 24.3 Å².